The van der Waals surface area contributed by atoms with Crippen molar-refractivity contribution >= 4 is 5.97 Å². The second kappa shape index (κ2) is 6.41. The maximum absolute atomic E-state index is 11.1. The highest BCUT2D eigenvalue weighted by Gasteiger charge is 2.14. The minimum atomic E-state index is -1.02. The van der Waals surface area contributed by atoms with Gasteiger partial charge in [0.1, 0.15) is 11.5 Å². The molecule has 1 aromatic heterocycles. The van der Waals surface area contributed by atoms with E-state index in [1.54, 1.807) is 44.6 Å². The average molecular weight is 326 g/mol. The van der Waals surface area contributed by atoms with Crippen molar-refractivity contribution in [1.82, 2.24) is 10.2 Å². The molecule has 0 bridgehead atoms. The van der Waals surface area contributed by atoms with Gasteiger partial charge in [0.15, 0.2) is 0 Å². The van der Waals surface area contributed by atoms with E-state index < -0.39 is 5.97 Å². The highest BCUT2D eigenvalue weighted by Crippen LogP contribution is 2.30. The second-order valence-electron chi connectivity index (χ2n) is 4.90. The highest BCUT2D eigenvalue weighted by atomic mass is 16.5. The molecule has 0 aliphatic carbocycles. The normalized spacial score (nSPS) is 10.4. The standard InChI is InChI=1S/C17H14N2O5/c1-22-13-7-12(8-14(9-13)23-2)16-19-18-15(24-16)10-4-3-5-11(6-10)17(20)21/h3-9H,1-2H3,(H,20,21). The number of benzene rings is 2. The molecule has 0 unspecified atom stereocenters. The number of rotatable bonds is 5. The van der Waals surface area contributed by atoms with Crippen molar-refractivity contribution in [3.63, 3.8) is 0 Å². The topological polar surface area (TPSA) is 94.7 Å². The van der Waals surface area contributed by atoms with Crippen LogP contribution in [0.3, 0.4) is 0 Å². The van der Waals surface area contributed by atoms with Gasteiger partial charge in [0.05, 0.1) is 19.8 Å². The van der Waals surface area contributed by atoms with Gasteiger partial charge in [-0.15, -0.1) is 10.2 Å². The van der Waals surface area contributed by atoms with Gasteiger partial charge in [0.25, 0.3) is 0 Å². The van der Waals surface area contributed by atoms with Crippen molar-refractivity contribution < 1.29 is 23.8 Å². The van der Waals surface area contributed by atoms with Crippen LogP contribution in [0.2, 0.25) is 0 Å². The van der Waals surface area contributed by atoms with Gasteiger partial charge in [-0.3, -0.25) is 0 Å². The Bertz CT molecular complexity index is 866. The zero-order chi connectivity index (χ0) is 17.1. The van der Waals surface area contributed by atoms with Crippen LogP contribution < -0.4 is 9.47 Å². The Morgan fingerprint density at radius 1 is 0.958 bits per heavy atom. The molecule has 0 atom stereocenters. The van der Waals surface area contributed by atoms with E-state index in [1.165, 1.54) is 12.1 Å². The minimum Gasteiger partial charge on any atom is -0.497 e. The van der Waals surface area contributed by atoms with E-state index in [1.807, 2.05) is 0 Å². The summed E-state index contributed by atoms with van der Waals surface area (Å²) >= 11 is 0. The number of ether oxygens (including phenoxy) is 2. The van der Waals surface area contributed by atoms with Gasteiger partial charge in [-0.05, 0) is 30.3 Å². The number of hydrogen-bond acceptors (Lipinski definition) is 6. The van der Waals surface area contributed by atoms with Crippen LogP contribution in [0.25, 0.3) is 22.9 Å². The van der Waals surface area contributed by atoms with Crippen LogP contribution in [0.15, 0.2) is 46.9 Å². The average Bonchev–Trinajstić information content (AvgIpc) is 3.11. The highest BCUT2D eigenvalue weighted by molar-refractivity contribution is 5.89. The van der Waals surface area contributed by atoms with Crippen LogP contribution in [0.5, 0.6) is 11.5 Å². The first-order chi connectivity index (χ1) is 11.6. The van der Waals surface area contributed by atoms with Crippen LogP contribution in [-0.4, -0.2) is 35.5 Å². The molecule has 3 aromatic rings. The number of hydrogen-bond donors (Lipinski definition) is 1. The van der Waals surface area contributed by atoms with Gasteiger partial charge >= 0.3 is 5.97 Å². The smallest absolute Gasteiger partial charge is 0.335 e. The van der Waals surface area contributed by atoms with Crippen molar-refractivity contribution in [2.75, 3.05) is 14.2 Å². The van der Waals surface area contributed by atoms with Gasteiger partial charge < -0.3 is 19.0 Å². The number of nitrogens with zero attached hydrogens (tertiary/aromatic N) is 2. The summed E-state index contributed by atoms with van der Waals surface area (Å²) < 4.78 is 16.1. The Morgan fingerprint density at radius 3 is 2.17 bits per heavy atom. The maximum atomic E-state index is 11.1. The summed E-state index contributed by atoms with van der Waals surface area (Å²) in [6.07, 6.45) is 0. The summed E-state index contributed by atoms with van der Waals surface area (Å²) in [6, 6.07) is 11.5. The van der Waals surface area contributed by atoms with E-state index in [0.717, 1.165) is 0 Å². The molecule has 1 heterocycles. The summed E-state index contributed by atoms with van der Waals surface area (Å²) in [5.74, 6) is 0.681. The molecule has 0 radical (unpaired) electrons. The van der Waals surface area contributed by atoms with Crippen molar-refractivity contribution in [3.8, 4) is 34.4 Å². The SMILES string of the molecule is COc1cc(OC)cc(-c2nnc(-c3cccc(C(=O)O)c3)o2)c1. The molecule has 0 saturated carbocycles. The van der Waals surface area contributed by atoms with Crippen LogP contribution in [0.1, 0.15) is 10.4 Å². The molecule has 1 N–H and O–H groups in total. The zero-order valence-electron chi connectivity index (χ0n) is 13.0. The van der Waals surface area contributed by atoms with Crippen molar-refractivity contribution in [2.45, 2.75) is 0 Å². The molecule has 7 nitrogen and oxygen atoms in total. The van der Waals surface area contributed by atoms with Gasteiger partial charge in [-0.2, -0.15) is 0 Å². The molecule has 122 valence electrons. The fourth-order valence-corrected chi connectivity index (χ4v) is 2.17. The number of carbonyl (C=O) groups is 1. The lowest BCUT2D eigenvalue weighted by atomic mass is 10.1. The van der Waals surface area contributed by atoms with E-state index >= 15 is 0 Å². The molecule has 0 spiro atoms. The van der Waals surface area contributed by atoms with Crippen LogP contribution in [0.4, 0.5) is 0 Å². The monoisotopic (exact) mass is 326 g/mol. The molecule has 0 aliphatic heterocycles. The van der Waals surface area contributed by atoms with Gasteiger partial charge in [0.2, 0.25) is 11.8 Å². The first-order valence-corrected chi connectivity index (χ1v) is 7.01. The molecule has 24 heavy (non-hydrogen) atoms. The van der Waals surface area contributed by atoms with Crippen molar-refractivity contribution in [2.24, 2.45) is 0 Å². The quantitative estimate of drug-likeness (QED) is 0.769. The van der Waals surface area contributed by atoms with E-state index in [2.05, 4.69) is 10.2 Å². The minimum absolute atomic E-state index is 0.148. The summed E-state index contributed by atoms with van der Waals surface area (Å²) in [5.41, 5.74) is 1.32. The molecular formula is C17H14N2O5. The third-order valence-corrected chi connectivity index (χ3v) is 3.38. The van der Waals surface area contributed by atoms with Crippen molar-refractivity contribution in [3.05, 3.63) is 48.0 Å². The lowest BCUT2D eigenvalue weighted by molar-refractivity contribution is 0.0697. The molecule has 0 saturated heterocycles. The molecule has 3 rings (SSSR count). The van der Waals surface area contributed by atoms with E-state index in [4.69, 9.17) is 19.0 Å². The lowest BCUT2D eigenvalue weighted by Gasteiger charge is -2.05. The predicted octanol–water partition coefficient (Wildman–Crippen LogP) is 3.12. The Balaban J connectivity index is 1.99. The number of aromatic carboxylic acids is 1. The maximum Gasteiger partial charge on any atom is 0.335 e. The molecule has 0 amide bonds. The summed E-state index contributed by atoms with van der Waals surface area (Å²) in [4.78, 5) is 11.1. The molecule has 2 aromatic carbocycles. The number of methoxy groups -OCH3 is 2. The Labute approximate surface area is 137 Å². The Kier molecular flexibility index (Phi) is 4.15. The lowest BCUT2D eigenvalue weighted by Crippen LogP contribution is -1.95. The van der Waals surface area contributed by atoms with E-state index in [-0.39, 0.29) is 17.3 Å². The van der Waals surface area contributed by atoms with Crippen LogP contribution in [0, 0.1) is 0 Å². The van der Waals surface area contributed by atoms with Gasteiger partial charge in [-0.1, -0.05) is 6.07 Å². The van der Waals surface area contributed by atoms with E-state index in [0.29, 0.717) is 22.6 Å². The van der Waals surface area contributed by atoms with E-state index in [9.17, 15) is 4.79 Å². The Hall–Kier alpha value is -3.35. The second-order valence-corrected chi connectivity index (χ2v) is 4.90. The fraction of sp³-hybridized carbons (Fsp3) is 0.118. The molecule has 7 heteroatoms. The first-order valence-electron chi connectivity index (χ1n) is 7.01. The predicted molar refractivity (Wildman–Crippen MR) is 85.2 cm³/mol. The third-order valence-electron chi connectivity index (χ3n) is 3.38. The third kappa shape index (κ3) is 3.05. The fourth-order valence-electron chi connectivity index (χ4n) is 2.17. The van der Waals surface area contributed by atoms with Gasteiger partial charge in [-0.25, -0.2) is 4.79 Å². The molecule has 0 aliphatic rings. The summed E-state index contributed by atoms with van der Waals surface area (Å²) in [5, 5.41) is 17.1. The summed E-state index contributed by atoms with van der Waals surface area (Å²) in [6.45, 7) is 0. The molecule has 0 fully saturated rings. The van der Waals surface area contributed by atoms with Crippen molar-refractivity contribution in [1.29, 1.82) is 0 Å². The van der Waals surface area contributed by atoms with Gasteiger partial charge in [0, 0.05) is 17.2 Å². The largest absolute Gasteiger partial charge is 0.497 e. The zero-order valence-corrected chi connectivity index (χ0v) is 13.0. The van der Waals surface area contributed by atoms with Crippen LogP contribution >= 0.6 is 0 Å². The Morgan fingerprint density at radius 2 is 1.58 bits per heavy atom. The number of carboxylic acid groups (broad SMARTS) is 1. The number of carboxylic acids is 1. The number of aromatic nitrogens is 2. The van der Waals surface area contributed by atoms with Crippen LogP contribution in [-0.2, 0) is 0 Å². The first kappa shape index (κ1) is 15.5. The molecular weight excluding hydrogens is 312 g/mol. The summed E-state index contributed by atoms with van der Waals surface area (Å²) in [7, 11) is 3.10.